The van der Waals surface area contributed by atoms with Crippen molar-refractivity contribution < 1.29 is 9.53 Å². The minimum atomic E-state index is -0.280. The van der Waals surface area contributed by atoms with E-state index in [0.717, 1.165) is 25.7 Å². The van der Waals surface area contributed by atoms with Crippen molar-refractivity contribution in [2.75, 3.05) is 7.05 Å². The zero-order chi connectivity index (χ0) is 11.3. The van der Waals surface area contributed by atoms with Crippen molar-refractivity contribution in [1.82, 2.24) is 10.6 Å². The smallest absolute Gasteiger partial charge is 0.407 e. The molecule has 0 atom stereocenters. The molecule has 4 heteroatoms. The molecule has 0 radical (unpaired) electrons. The molecule has 0 aliphatic heterocycles. The molecule has 2 N–H and O–H groups in total. The second kappa shape index (κ2) is 5.95. The van der Waals surface area contributed by atoms with E-state index >= 15 is 0 Å². The van der Waals surface area contributed by atoms with Crippen LogP contribution in [0.25, 0.3) is 0 Å². The molecule has 0 aromatic rings. The Kier molecular flexibility index (Phi) is 4.88. The highest BCUT2D eigenvalue weighted by molar-refractivity contribution is 5.67. The summed E-state index contributed by atoms with van der Waals surface area (Å²) in [4.78, 5) is 11.3. The highest BCUT2D eigenvalue weighted by atomic mass is 16.6. The lowest BCUT2D eigenvalue weighted by atomic mass is 9.91. The minimum Gasteiger partial charge on any atom is -0.447 e. The van der Waals surface area contributed by atoms with Crippen LogP contribution in [-0.4, -0.2) is 31.3 Å². The minimum absolute atomic E-state index is 0.0429. The summed E-state index contributed by atoms with van der Waals surface area (Å²) in [5.74, 6) is 0. The zero-order valence-electron chi connectivity index (χ0n) is 9.88. The Morgan fingerprint density at radius 1 is 1.20 bits per heavy atom. The number of hydrogen-bond acceptors (Lipinski definition) is 3. The van der Waals surface area contributed by atoms with Gasteiger partial charge in [0.2, 0.25) is 0 Å². The molecule has 4 nitrogen and oxygen atoms in total. The number of hydrogen-bond donors (Lipinski definition) is 2. The van der Waals surface area contributed by atoms with E-state index in [4.69, 9.17) is 4.74 Å². The number of alkyl carbamates (subject to hydrolysis) is 1. The van der Waals surface area contributed by atoms with Crippen molar-refractivity contribution in [1.29, 1.82) is 0 Å². The Balaban J connectivity index is 2.20. The molecule has 1 amide bonds. The van der Waals surface area contributed by atoms with Crippen LogP contribution in [0.15, 0.2) is 0 Å². The van der Waals surface area contributed by atoms with Gasteiger partial charge in [-0.15, -0.1) is 0 Å². The Labute approximate surface area is 91.8 Å². The molecular weight excluding hydrogens is 192 g/mol. The van der Waals surface area contributed by atoms with Gasteiger partial charge in [-0.2, -0.15) is 0 Å². The van der Waals surface area contributed by atoms with Gasteiger partial charge < -0.3 is 15.4 Å². The summed E-state index contributed by atoms with van der Waals surface area (Å²) in [6, 6.07) is 0.907. The van der Waals surface area contributed by atoms with Crippen LogP contribution in [0.3, 0.4) is 0 Å². The quantitative estimate of drug-likeness (QED) is 0.751. The average Bonchev–Trinajstić information content (AvgIpc) is 2.17. The predicted molar refractivity (Wildman–Crippen MR) is 59.9 cm³/mol. The van der Waals surface area contributed by atoms with Gasteiger partial charge in [-0.25, -0.2) is 4.79 Å². The summed E-state index contributed by atoms with van der Waals surface area (Å²) in [5.41, 5.74) is 0. The second-order valence-electron chi connectivity index (χ2n) is 4.44. The van der Waals surface area contributed by atoms with Gasteiger partial charge in [0, 0.05) is 12.1 Å². The molecule has 0 spiro atoms. The van der Waals surface area contributed by atoms with Gasteiger partial charge in [-0.05, 0) is 46.6 Å². The van der Waals surface area contributed by atoms with Crippen molar-refractivity contribution >= 4 is 6.09 Å². The van der Waals surface area contributed by atoms with Crippen molar-refractivity contribution in [3.63, 3.8) is 0 Å². The first kappa shape index (κ1) is 12.3. The molecule has 1 rings (SSSR count). The van der Waals surface area contributed by atoms with Crippen LogP contribution in [0, 0.1) is 0 Å². The Morgan fingerprint density at radius 2 is 1.73 bits per heavy atom. The Hall–Kier alpha value is -0.770. The van der Waals surface area contributed by atoms with E-state index < -0.39 is 0 Å². The SMILES string of the molecule is CNC1CCC(NC(=O)OC(C)C)CC1. The topological polar surface area (TPSA) is 50.4 Å². The monoisotopic (exact) mass is 214 g/mol. The van der Waals surface area contributed by atoms with E-state index in [1.165, 1.54) is 0 Å². The van der Waals surface area contributed by atoms with Gasteiger partial charge in [0.25, 0.3) is 0 Å². The van der Waals surface area contributed by atoms with E-state index in [-0.39, 0.29) is 12.2 Å². The number of ether oxygens (including phenoxy) is 1. The number of carbonyl (C=O) groups excluding carboxylic acids is 1. The Morgan fingerprint density at radius 3 is 2.20 bits per heavy atom. The zero-order valence-corrected chi connectivity index (χ0v) is 9.88. The molecule has 1 aliphatic rings. The normalized spacial score (nSPS) is 26.4. The first-order valence-corrected chi connectivity index (χ1v) is 5.76. The molecule has 0 bridgehead atoms. The van der Waals surface area contributed by atoms with Crippen molar-refractivity contribution in [2.45, 2.75) is 57.7 Å². The molecular formula is C11H22N2O2. The van der Waals surface area contributed by atoms with Crippen LogP contribution in [0.5, 0.6) is 0 Å². The number of rotatable bonds is 3. The number of carbonyl (C=O) groups is 1. The largest absolute Gasteiger partial charge is 0.447 e. The first-order valence-electron chi connectivity index (χ1n) is 5.76. The molecule has 0 aromatic carbocycles. The fourth-order valence-electron chi connectivity index (χ4n) is 1.94. The standard InChI is InChI=1S/C11H22N2O2/c1-8(2)15-11(14)13-10-6-4-9(12-3)5-7-10/h8-10,12H,4-7H2,1-3H3,(H,13,14). The summed E-state index contributed by atoms with van der Waals surface area (Å²) < 4.78 is 5.04. The molecule has 1 saturated carbocycles. The lowest BCUT2D eigenvalue weighted by molar-refractivity contribution is 0.109. The maximum absolute atomic E-state index is 11.3. The molecule has 1 fully saturated rings. The van der Waals surface area contributed by atoms with E-state index in [9.17, 15) is 4.79 Å². The molecule has 0 aromatic heterocycles. The fraction of sp³-hybridized carbons (Fsp3) is 0.909. The Bertz CT molecular complexity index is 199. The third-order valence-electron chi connectivity index (χ3n) is 2.80. The van der Waals surface area contributed by atoms with E-state index in [1.54, 1.807) is 0 Å². The number of amides is 1. The van der Waals surface area contributed by atoms with Crippen LogP contribution < -0.4 is 10.6 Å². The molecule has 0 saturated heterocycles. The summed E-state index contributed by atoms with van der Waals surface area (Å²) in [7, 11) is 1.99. The van der Waals surface area contributed by atoms with Gasteiger partial charge in [0.05, 0.1) is 6.10 Å². The van der Waals surface area contributed by atoms with Crippen LogP contribution in [0.1, 0.15) is 39.5 Å². The maximum atomic E-state index is 11.3. The highest BCUT2D eigenvalue weighted by Gasteiger charge is 2.21. The lowest BCUT2D eigenvalue weighted by Gasteiger charge is -2.28. The molecule has 1 aliphatic carbocycles. The van der Waals surface area contributed by atoms with Crippen LogP contribution in [0.4, 0.5) is 4.79 Å². The van der Waals surface area contributed by atoms with Gasteiger partial charge in [0.15, 0.2) is 0 Å². The molecule has 15 heavy (non-hydrogen) atoms. The summed E-state index contributed by atoms with van der Waals surface area (Å²) >= 11 is 0. The molecule has 0 unspecified atom stereocenters. The van der Waals surface area contributed by atoms with Crippen molar-refractivity contribution in [3.05, 3.63) is 0 Å². The van der Waals surface area contributed by atoms with Gasteiger partial charge in [-0.3, -0.25) is 0 Å². The summed E-state index contributed by atoms with van der Waals surface area (Å²) in [6.45, 7) is 3.72. The van der Waals surface area contributed by atoms with Crippen LogP contribution in [-0.2, 0) is 4.74 Å². The molecule has 0 heterocycles. The summed E-state index contributed by atoms with van der Waals surface area (Å²) in [6.07, 6.45) is 4.01. The third kappa shape index (κ3) is 4.51. The fourth-order valence-corrected chi connectivity index (χ4v) is 1.94. The van der Waals surface area contributed by atoms with Crippen LogP contribution in [0.2, 0.25) is 0 Å². The lowest BCUT2D eigenvalue weighted by Crippen LogP contribution is -2.42. The van der Waals surface area contributed by atoms with E-state index in [2.05, 4.69) is 10.6 Å². The van der Waals surface area contributed by atoms with Crippen molar-refractivity contribution in [3.8, 4) is 0 Å². The molecule has 88 valence electrons. The average molecular weight is 214 g/mol. The van der Waals surface area contributed by atoms with Gasteiger partial charge in [-0.1, -0.05) is 0 Å². The van der Waals surface area contributed by atoms with Crippen molar-refractivity contribution in [2.24, 2.45) is 0 Å². The van der Waals surface area contributed by atoms with E-state index in [0.29, 0.717) is 12.1 Å². The highest BCUT2D eigenvalue weighted by Crippen LogP contribution is 2.18. The van der Waals surface area contributed by atoms with Crippen LogP contribution >= 0.6 is 0 Å². The number of nitrogens with one attached hydrogen (secondary N) is 2. The third-order valence-corrected chi connectivity index (χ3v) is 2.80. The van der Waals surface area contributed by atoms with Gasteiger partial charge >= 0.3 is 6.09 Å². The first-order chi connectivity index (χ1) is 7.11. The summed E-state index contributed by atoms with van der Waals surface area (Å²) in [5, 5.41) is 6.17. The predicted octanol–water partition coefficient (Wildman–Crippen LogP) is 1.65. The maximum Gasteiger partial charge on any atom is 0.407 e. The van der Waals surface area contributed by atoms with E-state index in [1.807, 2.05) is 20.9 Å². The van der Waals surface area contributed by atoms with Gasteiger partial charge in [0.1, 0.15) is 0 Å². The second-order valence-corrected chi connectivity index (χ2v) is 4.44.